The first-order chi connectivity index (χ1) is 8.22. The smallest absolute Gasteiger partial charge is 0.225 e. The zero-order chi connectivity index (χ0) is 12.3. The fourth-order valence-corrected chi connectivity index (χ4v) is 2.89. The van der Waals surface area contributed by atoms with E-state index in [4.69, 9.17) is 10.8 Å². The van der Waals surface area contributed by atoms with Crippen molar-refractivity contribution in [3.05, 3.63) is 0 Å². The molecule has 3 N–H and O–H groups in total. The minimum atomic E-state index is 0.143. The Kier molecular flexibility index (Phi) is 4.40. The summed E-state index contributed by atoms with van der Waals surface area (Å²) in [7, 11) is 0. The van der Waals surface area contributed by atoms with E-state index in [1.54, 1.807) is 0 Å². The monoisotopic (exact) mass is 240 g/mol. The second-order valence-corrected chi connectivity index (χ2v) is 5.46. The van der Waals surface area contributed by atoms with Gasteiger partial charge in [0.1, 0.15) is 0 Å². The predicted octanol–water partition coefficient (Wildman–Crippen LogP) is 0.877. The lowest BCUT2D eigenvalue weighted by molar-refractivity contribution is -0.139. The van der Waals surface area contributed by atoms with E-state index in [1.807, 2.05) is 4.90 Å². The van der Waals surface area contributed by atoms with Crippen LogP contribution in [0, 0.1) is 5.92 Å². The summed E-state index contributed by atoms with van der Waals surface area (Å²) in [4.78, 5) is 14.4. The van der Waals surface area contributed by atoms with Crippen molar-refractivity contribution in [2.75, 3.05) is 13.2 Å². The molecule has 2 aliphatic carbocycles. The Balaban J connectivity index is 1.91. The van der Waals surface area contributed by atoms with Crippen LogP contribution >= 0.6 is 0 Å². The number of amides is 1. The SMILES string of the molecule is NC1CCC(C(=O)N(CCCO)C2CCC2)C1. The van der Waals surface area contributed by atoms with Gasteiger partial charge in [0, 0.05) is 31.2 Å². The average molecular weight is 240 g/mol. The van der Waals surface area contributed by atoms with Crippen molar-refractivity contribution in [2.45, 2.75) is 57.0 Å². The second kappa shape index (κ2) is 5.83. The third-order valence-corrected chi connectivity index (χ3v) is 4.18. The van der Waals surface area contributed by atoms with Crippen LogP contribution in [0.5, 0.6) is 0 Å². The summed E-state index contributed by atoms with van der Waals surface area (Å²) in [5.41, 5.74) is 5.88. The number of carbonyl (C=O) groups is 1. The van der Waals surface area contributed by atoms with Crippen molar-refractivity contribution in [3.63, 3.8) is 0 Å². The van der Waals surface area contributed by atoms with Crippen molar-refractivity contribution in [3.8, 4) is 0 Å². The van der Waals surface area contributed by atoms with E-state index in [1.165, 1.54) is 6.42 Å². The number of nitrogens with zero attached hydrogens (tertiary/aromatic N) is 1. The molecule has 2 fully saturated rings. The Hall–Kier alpha value is -0.610. The van der Waals surface area contributed by atoms with Crippen LogP contribution in [-0.4, -0.2) is 41.1 Å². The second-order valence-electron chi connectivity index (χ2n) is 5.46. The van der Waals surface area contributed by atoms with Gasteiger partial charge in [-0.1, -0.05) is 0 Å². The van der Waals surface area contributed by atoms with Crippen LogP contribution in [0.15, 0.2) is 0 Å². The molecule has 0 aromatic carbocycles. The molecule has 4 heteroatoms. The van der Waals surface area contributed by atoms with Gasteiger partial charge in [0.05, 0.1) is 0 Å². The highest BCUT2D eigenvalue weighted by atomic mass is 16.3. The van der Waals surface area contributed by atoms with Gasteiger partial charge in [-0.15, -0.1) is 0 Å². The van der Waals surface area contributed by atoms with E-state index in [9.17, 15) is 4.79 Å². The number of hydrogen-bond donors (Lipinski definition) is 2. The first kappa shape index (κ1) is 12.8. The van der Waals surface area contributed by atoms with E-state index in [0.717, 1.165) is 32.1 Å². The van der Waals surface area contributed by atoms with Crippen molar-refractivity contribution in [1.82, 2.24) is 4.90 Å². The van der Waals surface area contributed by atoms with Gasteiger partial charge in [0.15, 0.2) is 0 Å². The molecule has 0 heterocycles. The number of nitrogens with two attached hydrogens (primary N) is 1. The Bertz CT molecular complexity index is 266. The third kappa shape index (κ3) is 2.99. The van der Waals surface area contributed by atoms with Crippen LogP contribution < -0.4 is 5.73 Å². The van der Waals surface area contributed by atoms with Crippen LogP contribution in [-0.2, 0) is 4.79 Å². The molecule has 0 bridgehead atoms. The Morgan fingerprint density at radius 3 is 2.53 bits per heavy atom. The summed E-state index contributed by atoms with van der Waals surface area (Å²) in [6.07, 6.45) is 6.98. The maximum Gasteiger partial charge on any atom is 0.225 e. The summed E-state index contributed by atoms with van der Waals surface area (Å²) < 4.78 is 0. The third-order valence-electron chi connectivity index (χ3n) is 4.18. The van der Waals surface area contributed by atoms with Crippen LogP contribution in [0.2, 0.25) is 0 Å². The highest BCUT2D eigenvalue weighted by Gasteiger charge is 2.35. The Morgan fingerprint density at radius 2 is 2.06 bits per heavy atom. The van der Waals surface area contributed by atoms with Gasteiger partial charge in [0.25, 0.3) is 0 Å². The normalized spacial score (nSPS) is 29.1. The highest BCUT2D eigenvalue weighted by Crippen LogP contribution is 2.31. The number of rotatable bonds is 5. The summed E-state index contributed by atoms with van der Waals surface area (Å²) in [6.45, 7) is 0.881. The van der Waals surface area contributed by atoms with Gasteiger partial charge in [-0.2, -0.15) is 0 Å². The van der Waals surface area contributed by atoms with Gasteiger partial charge in [0.2, 0.25) is 5.91 Å². The molecule has 0 radical (unpaired) electrons. The van der Waals surface area contributed by atoms with Crippen molar-refractivity contribution >= 4 is 5.91 Å². The zero-order valence-electron chi connectivity index (χ0n) is 10.5. The number of aliphatic hydroxyl groups is 1. The predicted molar refractivity (Wildman–Crippen MR) is 66.4 cm³/mol. The fraction of sp³-hybridized carbons (Fsp3) is 0.923. The number of aliphatic hydroxyl groups excluding tert-OH is 1. The minimum absolute atomic E-state index is 0.143. The summed E-state index contributed by atoms with van der Waals surface area (Å²) in [5, 5.41) is 8.92. The molecule has 0 aliphatic heterocycles. The lowest BCUT2D eigenvalue weighted by Gasteiger charge is -2.39. The first-order valence-electron chi connectivity index (χ1n) is 6.89. The van der Waals surface area contributed by atoms with Gasteiger partial charge < -0.3 is 15.7 Å². The van der Waals surface area contributed by atoms with E-state index < -0.39 is 0 Å². The van der Waals surface area contributed by atoms with Crippen molar-refractivity contribution in [1.29, 1.82) is 0 Å². The first-order valence-corrected chi connectivity index (χ1v) is 6.89. The standard InChI is InChI=1S/C13H24N2O2/c14-11-6-5-10(9-11)13(17)15(7-2-8-16)12-3-1-4-12/h10-12,16H,1-9,14H2. The molecule has 1 amide bonds. The van der Waals surface area contributed by atoms with E-state index in [2.05, 4.69) is 0 Å². The van der Waals surface area contributed by atoms with Crippen molar-refractivity contribution < 1.29 is 9.90 Å². The van der Waals surface area contributed by atoms with Crippen molar-refractivity contribution in [2.24, 2.45) is 11.7 Å². The van der Waals surface area contributed by atoms with Crippen LogP contribution in [0.25, 0.3) is 0 Å². The molecule has 98 valence electrons. The van der Waals surface area contributed by atoms with Gasteiger partial charge in [-0.05, 0) is 44.9 Å². The molecule has 4 nitrogen and oxygen atoms in total. The molecule has 0 aromatic rings. The summed E-state index contributed by atoms with van der Waals surface area (Å²) in [5.74, 6) is 0.431. The molecule has 2 rings (SSSR count). The topological polar surface area (TPSA) is 66.6 Å². The van der Waals surface area contributed by atoms with Crippen LogP contribution in [0.3, 0.4) is 0 Å². The molecule has 0 aromatic heterocycles. The molecule has 0 spiro atoms. The van der Waals surface area contributed by atoms with E-state index in [-0.39, 0.29) is 24.5 Å². The van der Waals surface area contributed by atoms with E-state index >= 15 is 0 Å². The molecule has 2 saturated carbocycles. The Labute approximate surface area is 103 Å². The van der Waals surface area contributed by atoms with Gasteiger partial charge in [-0.3, -0.25) is 4.79 Å². The van der Waals surface area contributed by atoms with Crippen LogP contribution in [0.1, 0.15) is 44.9 Å². The maximum absolute atomic E-state index is 12.4. The largest absolute Gasteiger partial charge is 0.396 e. The molecule has 2 unspecified atom stereocenters. The fourth-order valence-electron chi connectivity index (χ4n) is 2.89. The zero-order valence-corrected chi connectivity index (χ0v) is 10.5. The molecule has 2 atom stereocenters. The maximum atomic E-state index is 12.4. The minimum Gasteiger partial charge on any atom is -0.396 e. The molecule has 2 aliphatic rings. The van der Waals surface area contributed by atoms with E-state index in [0.29, 0.717) is 19.0 Å². The highest BCUT2D eigenvalue weighted by molar-refractivity contribution is 5.79. The quantitative estimate of drug-likeness (QED) is 0.749. The summed E-state index contributed by atoms with van der Waals surface area (Å²) in [6, 6.07) is 0.649. The van der Waals surface area contributed by atoms with Gasteiger partial charge in [-0.25, -0.2) is 0 Å². The lowest BCUT2D eigenvalue weighted by Crippen LogP contribution is -2.47. The van der Waals surface area contributed by atoms with Gasteiger partial charge >= 0.3 is 0 Å². The number of hydrogen-bond acceptors (Lipinski definition) is 3. The molecular formula is C13H24N2O2. The van der Waals surface area contributed by atoms with Crippen LogP contribution in [0.4, 0.5) is 0 Å². The lowest BCUT2D eigenvalue weighted by atomic mass is 9.90. The summed E-state index contributed by atoms with van der Waals surface area (Å²) >= 11 is 0. The molecule has 17 heavy (non-hydrogen) atoms. The number of carbonyl (C=O) groups excluding carboxylic acids is 1. The average Bonchev–Trinajstić information content (AvgIpc) is 2.67. The molecule has 0 saturated heterocycles. The Morgan fingerprint density at radius 1 is 1.29 bits per heavy atom. The molecular weight excluding hydrogens is 216 g/mol.